The van der Waals surface area contributed by atoms with E-state index in [2.05, 4.69) is 20.0 Å². The Morgan fingerprint density at radius 1 is 0.862 bits per heavy atom. The standard InChI is InChI=1S/C19H34N4O3.3ClH/c24-18(25)2-1-9-21-10-5-16(6-11-21)19(26)23-14-12-22(13-15-23)17-3-7-20-8-4-17;;;/h16-17,20H,1-15H2,(H,24,25);3*1H. The quantitative estimate of drug-likeness (QED) is 0.609. The number of aliphatic carboxylic acids is 1. The summed E-state index contributed by atoms with van der Waals surface area (Å²) in [6.45, 7) is 8.71. The topological polar surface area (TPSA) is 76.1 Å². The highest BCUT2D eigenvalue weighted by Crippen LogP contribution is 2.22. The van der Waals surface area contributed by atoms with Crippen LogP contribution in [0.4, 0.5) is 0 Å². The minimum Gasteiger partial charge on any atom is -0.481 e. The molecule has 0 bridgehead atoms. The number of nitrogens with one attached hydrogen (secondary N) is 1. The van der Waals surface area contributed by atoms with E-state index in [1.807, 2.05) is 0 Å². The Morgan fingerprint density at radius 2 is 1.45 bits per heavy atom. The molecule has 0 saturated carbocycles. The number of carbonyl (C=O) groups excluding carboxylic acids is 1. The number of carbonyl (C=O) groups is 2. The molecule has 0 atom stereocenters. The lowest BCUT2D eigenvalue weighted by molar-refractivity contribution is -0.139. The van der Waals surface area contributed by atoms with Crippen molar-refractivity contribution in [2.24, 2.45) is 5.92 Å². The first-order valence-electron chi connectivity index (χ1n) is 10.3. The molecule has 0 spiro atoms. The number of amides is 1. The second kappa shape index (κ2) is 14.7. The first kappa shape index (κ1) is 28.7. The van der Waals surface area contributed by atoms with Crippen LogP contribution in [0.25, 0.3) is 0 Å². The Bertz CT molecular complexity index is 479. The maximum atomic E-state index is 12.8. The zero-order chi connectivity index (χ0) is 18.4. The molecule has 7 nitrogen and oxygen atoms in total. The molecule has 0 unspecified atom stereocenters. The number of piperazine rings is 1. The van der Waals surface area contributed by atoms with E-state index in [1.54, 1.807) is 0 Å². The van der Waals surface area contributed by atoms with Gasteiger partial charge in [-0.05, 0) is 64.8 Å². The molecule has 10 heteroatoms. The van der Waals surface area contributed by atoms with E-state index in [0.717, 1.165) is 71.7 Å². The summed E-state index contributed by atoms with van der Waals surface area (Å²) in [6.07, 6.45) is 5.23. The number of hydrogen-bond acceptors (Lipinski definition) is 5. The van der Waals surface area contributed by atoms with Crippen molar-refractivity contribution in [1.82, 2.24) is 20.0 Å². The van der Waals surface area contributed by atoms with E-state index in [4.69, 9.17) is 5.11 Å². The monoisotopic (exact) mass is 474 g/mol. The van der Waals surface area contributed by atoms with Gasteiger partial charge in [-0.3, -0.25) is 14.5 Å². The summed E-state index contributed by atoms with van der Waals surface area (Å²) in [7, 11) is 0. The number of halogens is 3. The van der Waals surface area contributed by atoms with Crippen molar-refractivity contribution in [1.29, 1.82) is 0 Å². The molecule has 0 radical (unpaired) electrons. The molecule has 3 saturated heterocycles. The fourth-order valence-corrected chi connectivity index (χ4v) is 4.59. The van der Waals surface area contributed by atoms with Gasteiger partial charge in [-0.25, -0.2) is 0 Å². The minimum absolute atomic E-state index is 0. The molecule has 0 aliphatic carbocycles. The third-order valence-corrected chi connectivity index (χ3v) is 6.25. The van der Waals surface area contributed by atoms with E-state index >= 15 is 0 Å². The average Bonchev–Trinajstić information content (AvgIpc) is 2.68. The van der Waals surface area contributed by atoms with Crippen LogP contribution >= 0.6 is 37.2 Å². The number of hydrogen-bond donors (Lipinski definition) is 2. The molecule has 0 aromatic heterocycles. The van der Waals surface area contributed by atoms with Gasteiger partial charge < -0.3 is 20.2 Å². The molecular weight excluding hydrogens is 439 g/mol. The molecule has 0 aromatic rings. The van der Waals surface area contributed by atoms with E-state index in [1.165, 1.54) is 12.8 Å². The Morgan fingerprint density at radius 3 is 2.00 bits per heavy atom. The first-order valence-corrected chi connectivity index (χ1v) is 10.3. The van der Waals surface area contributed by atoms with Crippen molar-refractivity contribution < 1.29 is 14.7 Å². The molecule has 3 aliphatic rings. The van der Waals surface area contributed by atoms with Gasteiger partial charge in [0.2, 0.25) is 5.91 Å². The predicted octanol–water partition coefficient (Wildman–Crippen LogP) is 1.72. The molecule has 3 aliphatic heterocycles. The minimum atomic E-state index is -0.723. The lowest BCUT2D eigenvalue weighted by atomic mass is 9.94. The van der Waals surface area contributed by atoms with E-state index in [0.29, 0.717) is 18.4 Å². The highest BCUT2D eigenvalue weighted by atomic mass is 35.5. The van der Waals surface area contributed by atoms with Crippen LogP contribution in [-0.2, 0) is 9.59 Å². The molecule has 0 aromatic carbocycles. The van der Waals surface area contributed by atoms with Crippen molar-refractivity contribution in [2.45, 2.75) is 44.6 Å². The third-order valence-electron chi connectivity index (χ3n) is 6.25. The molecule has 3 heterocycles. The molecule has 3 rings (SSSR count). The molecule has 1 amide bonds. The van der Waals surface area contributed by atoms with E-state index < -0.39 is 5.97 Å². The number of carboxylic acids is 1. The van der Waals surface area contributed by atoms with Crippen molar-refractivity contribution >= 4 is 49.1 Å². The predicted molar refractivity (Wildman–Crippen MR) is 122 cm³/mol. The van der Waals surface area contributed by atoms with Gasteiger partial charge in [0.15, 0.2) is 0 Å². The first-order chi connectivity index (χ1) is 12.6. The number of piperidine rings is 2. The third kappa shape index (κ3) is 8.75. The van der Waals surface area contributed by atoms with Gasteiger partial charge in [-0.2, -0.15) is 0 Å². The van der Waals surface area contributed by atoms with Gasteiger partial charge in [0.25, 0.3) is 0 Å². The Balaban J connectivity index is 0.00000261. The average molecular weight is 476 g/mol. The van der Waals surface area contributed by atoms with Crippen LogP contribution in [0, 0.1) is 5.92 Å². The second-order valence-electron chi connectivity index (χ2n) is 7.96. The highest BCUT2D eigenvalue weighted by Gasteiger charge is 2.32. The lowest BCUT2D eigenvalue weighted by Crippen LogP contribution is -2.55. The van der Waals surface area contributed by atoms with Crippen LogP contribution in [-0.4, -0.2) is 96.6 Å². The smallest absolute Gasteiger partial charge is 0.303 e. The van der Waals surface area contributed by atoms with Crippen LogP contribution in [0.1, 0.15) is 38.5 Å². The van der Waals surface area contributed by atoms with Gasteiger partial charge >= 0.3 is 5.97 Å². The number of rotatable bonds is 6. The van der Waals surface area contributed by atoms with Gasteiger partial charge in [0, 0.05) is 44.6 Å². The van der Waals surface area contributed by atoms with Crippen LogP contribution in [0.5, 0.6) is 0 Å². The maximum absolute atomic E-state index is 12.8. The fraction of sp³-hybridized carbons (Fsp3) is 0.895. The SMILES string of the molecule is Cl.Cl.Cl.O=C(O)CCCN1CCC(C(=O)N2CCN(C3CCNCC3)CC2)CC1. The summed E-state index contributed by atoms with van der Waals surface area (Å²) in [5, 5.41) is 12.1. The fourth-order valence-electron chi connectivity index (χ4n) is 4.59. The second-order valence-corrected chi connectivity index (χ2v) is 7.96. The number of nitrogens with zero attached hydrogens (tertiary/aromatic N) is 3. The molecule has 2 N–H and O–H groups in total. The molecule has 29 heavy (non-hydrogen) atoms. The van der Waals surface area contributed by atoms with Crippen LogP contribution in [0.2, 0.25) is 0 Å². The maximum Gasteiger partial charge on any atom is 0.303 e. The largest absolute Gasteiger partial charge is 0.481 e. The van der Waals surface area contributed by atoms with Crippen LogP contribution in [0.15, 0.2) is 0 Å². The Hall–Kier alpha value is -0.310. The number of likely N-dealkylation sites (tertiary alicyclic amines) is 1. The summed E-state index contributed by atoms with van der Waals surface area (Å²) in [4.78, 5) is 30.4. The zero-order valence-electron chi connectivity index (χ0n) is 17.1. The lowest BCUT2D eigenvalue weighted by Gasteiger charge is -2.42. The van der Waals surface area contributed by atoms with Crippen molar-refractivity contribution in [2.75, 3.05) is 58.9 Å². The van der Waals surface area contributed by atoms with E-state index in [9.17, 15) is 9.59 Å². The number of carboxylic acid groups (broad SMARTS) is 1. The van der Waals surface area contributed by atoms with Crippen molar-refractivity contribution in [3.8, 4) is 0 Å². The molecule has 172 valence electrons. The van der Waals surface area contributed by atoms with Gasteiger partial charge in [-0.1, -0.05) is 0 Å². The van der Waals surface area contributed by atoms with Crippen molar-refractivity contribution in [3.05, 3.63) is 0 Å². The van der Waals surface area contributed by atoms with Crippen molar-refractivity contribution in [3.63, 3.8) is 0 Å². The normalized spacial score (nSPS) is 22.1. The van der Waals surface area contributed by atoms with Gasteiger partial charge in [0.1, 0.15) is 0 Å². The summed E-state index contributed by atoms with van der Waals surface area (Å²) in [5.74, 6) is -0.213. The van der Waals surface area contributed by atoms with E-state index in [-0.39, 0.29) is 49.6 Å². The summed E-state index contributed by atoms with van der Waals surface area (Å²) < 4.78 is 0. The van der Waals surface area contributed by atoms with Crippen LogP contribution < -0.4 is 5.32 Å². The Kier molecular flexibility index (Phi) is 14.5. The summed E-state index contributed by atoms with van der Waals surface area (Å²) >= 11 is 0. The highest BCUT2D eigenvalue weighted by molar-refractivity contribution is 5.86. The summed E-state index contributed by atoms with van der Waals surface area (Å²) in [6, 6.07) is 0.697. The van der Waals surface area contributed by atoms with Crippen LogP contribution in [0.3, 0.4) is 0 Å². The van der Waals surface area contributed by atoms with Gasteiger partial charge in [-0.15, -0.1) is 37.2 Å². The van der Waals surface area contributed by atoms with Gasteiger partial charge in [0.05, 0.1) is 0 Å². The summed E-state index contributed by atoms with van der Waals surface area (Å²) in [5.41, 5.74) is 0. The molecule has 3 fully saturated rings. The molecular formula is C19H37Cl3N4O3. The zero-order valence-corrected chi connectivity index (χ0v) is 19.5. The Labute approximate surface area is 193 Å².